The number of hydrogen-bond donors (Lipinski definition) is 2. The van der Waals surface area contributed by atoms with Crippen LogP contribution in [0.3, 0.4) is 0 Å². The van der Waals surface area contributed by atoms with Crippen LogP contribution in [0.4, 0.5) is 11.4 Å². The molecule has 10 nitrogen and oxygen atoms in total. The van der Waals surface area contributed by atoms with Gasteiger partial charge in [0.1, 0.15) is 0 Å². The number of rotatable bonds is 10. The maximum Gasteiger partial charge on any atom is 0.269 e. The van der Waals surface area contributed by atoms with Gasteiger partial charge in [0.05, 0.1) is 23.7 Å². The smallest absolute Gasteiger partial charge is 0.269 e. The van der Waals surface area contributed by atoms with Gasteiger partial charge < -0.3 is 24.8 Å². The molecule has 0 spiro atoms. The molecule has 2 heterocycles. The van der Waals surface area contributed by atoms with Crippen LogP contribution >= 0.6 is 0 Å². The van der Waals surface area contributed by atoms with Gasteiger partial charge in [-0.3, -0.25) is 19.8 Å². The molecular formula is C36H38N4O6. The molecule has 10 heteroatoms. The van der Waals surface area contributed by atoms with E-state index in [2.05, 4.69) is 15.1 Å². The van der Waals surface area contributed by atoms with Gasteiger partial charge >= 0.3 is 0 Å². The molecule has 2 N–H and O–H groups in total. The fraction of sp³-hybridized carbons (Fsp3) is 0.306. The molecule has 1 amide bonds. The average Bonchev–Trinajstić information content (AvgIpc) is 3.11. The first-order valence-electron chi connectivity index (χ1n) is 15.6. The van der Waals surface area contributed by atoms with Crippen molar-refractivity contribution in [2.75, 3.05) is 37.6 Å². The van der Waals surface area contributed by atoms with E-state index >= 15 is 0 Å². The number of ether oxygens (including phenoxy) is 2. The Kier molecular flexibility index (Phi) is 10.00. The van der Waals surface area contributed by atoms with Crippen LogP contribution in [-0.2, 0) is 22.6 Å². The molecular weight excluding hydrogens is 584 g/mol. The highest BCUT2D eigenvalue weighted by molar-refractivity contribution is 5.94. The molecule has 3 atom stereocenters. The zero-order valence-electron chi connectivity index (χ0n) is 25.5. The van der Waals surface area contributed by atoms with Gasteiger partial charge in [-0.25, -0.2) is 0 Å². The van der Waals surface area contributed by atoms with Crippen LogP contribution in [0.5, 0.6) is 0 Å². The third-order valence-electron chi connectivity index (χ3n) is 8.62. The fourth-order valence-electron chi connectivity index (χ4n) is 5.96. The number of carbonyl (C=O) groups excluding carboxylic acids is 1. The fourth-order valence-corrected chi connectivity index (χ4v) is 5.96. The van der Waals surface area contributed by atoms with Crippen molar-refractivity contribution in [2.24, 2.45) is 0 Å². The first-order chi connectivity index (χ1) is 22.4. The van der Waals surface area contributed by atoms with Crippen molar-refractivity contribution in [1.82, 2.24) is 10.2 Å². The van der Waals surface area contributed by atoms with Gasteiger partial charge in [-0.15, -0.1) is 0 Å². The van der Waals surface area contributed by atoms with Crippen LogP contribution in [0.15, 0.2) is 103 Å². The summed E-state index contributed by atoms with van der Waals surface area (Å²) < 4.78 is 13.1. The van der Waals surface area contributed by atoms with E-state index in [0.29, 0.717) is 18.5 Å². The number of nitro benzene ring substituents is 1. The number of amides is 1. The quantitative estimate of drug-likeness (QED) is 0.179. The van der Waals surface area contributed by atoms with E-state index in [-0.39, 0.29) is 35.3 Å². The first-order valence-corrected chi connectivity index (χ1v) is 15.6. The van der Waals surface area contributed by atoms with Gasteiger partial charge in [0.25, 0.3) is 11.6 Å². The minimum absolute atomic E-state index is 0.00975. The number of carbonyl (C=O) groups is 1. The number of anilines is 1. The summed E-state index contributed by atoms with van der Waals surface area (Å²) in [4.78, 5) is 27.8. The van der Waals surface area contributed by atoms with Crippen molar-refractivity contribution in [3.8, 4) is 0 Å². The summed E-state index contributed by atoms with van der Waals surface area (Å²) in [7, 11) is 0. The lowest BCUT2D eigenvalue weighted by molar-refractivity contribution is -0.384. The highest BCUT2D eigenvalue weighted by Crippen LogP contribution is 2.38. The largest absolute Gasteiger partial charge is 0.392 e. The van der Waals surface area contributed by atoms with Gasteiger partial charge in [0.15, 0.2) is 6.29 Å². The second kappa shape index (κ2) is 14.7. The van der Waals surface area contributed by atoms with Crippen LogP contribution in [0.25, 0.3) is 0 Å². The maximum atomic E-state index is 12.5. The number of nitrogens with one attached hydrogen (secondary N) is 1. The molecule has 0 saturated carbocycles. The van der Waals surface area contributed by atoms with Crippen molar-refractivity contribution in [3.05, 3.63) is 141 Å². The Morgan fingerprint density at radius 1 is 0.826 bits per heavy atom. The molecule has 0 aromatic heterocycles. The number of benzene rings is 4. The highest BCUT2D eigenvalue weighted by atomic mass is 16.7. The molecule has 2 fully saturated rings. The van der Waals surface area contributed by atoms with Crippen molar-refractivity contribution in [3.63, 3.8) is 0 Å². The number of nitro groups is 1. The van der Waals surface area contributed by atoms with Crippen LogP contribution in [0.1, 0.15) is 51.4 Å². The molecule has 46 heavy (non-hydrogen) atoms. The monoisotopic (exact) mass is 622 g/mol. The van der Waals surface area contributed by atoms with Gasteiger partial charge in [-0.05, 0) is 41.0 Å². The number of non-ortho nitro benzene ring substituents is 1. The molecule has 0 radical (unpaired) electrons. The van der Waals surface area contributed by atoms with Gasteiger partial charge in [-0.2, -0.15) is 0 Å². The molecule has 6 rings (SSSR count). The van der Waals surface area contributed by atoms with E-state index in [9.17, 15) is 20.0 Å². The van der Waals surface area contributed by atoms with Gasteiger partial charge in [-0.1, -0.05) is 66.7 Å². The number of nitrogens with zero attached hydrogens (tertiary/aromatic N) is 3. The van der Waals surface area contributed by atoms with E-state index in [0.717, 1.165) is 60.7 Å². The molecule has 2 aliphatic heterocycles. The van der Waals surface area contributed by atoms with E-state index in [1.807, 2.05) is 78.9 Å². The predicted octanol–water partition coefficient (Wildman–Crippen LogP) is 5.38. The standard InChI is InChI=1S/C36H38N4O6/c41-25-27-8-10-28(11-9-27)34-22-33(24-38-18-20-39(21-19-38)31-14-16-32(17-15-31)40(43)44)45-36(46-34)30-12-6-26(7-13-30)23-37-35(42)29-4-2-1-3-5-29/h1-17,33-34,36,41H,18-25H2,(H,37,42)/t33-,34+,36+/m0/s1. The Morgan fingerprint density at radius 2 is 1.48 bits per heavy atom. The molecule has 0 bridgehead atoms. The summed E-state index contributed by atoms with van der Waals surface area (Å²) in [6, 6.07) is 31.7. The summed E-state index contributed by atoms with van der Waals surface area (Å²) in [5.74, 6) is -0.116. The first kappa shape index (κ1) is 31.4. The van der Waals surface area contributed by atoms with Crippen LogP contribution in [0, 0.1) is 10.1 Å². The average molecular weight is 623 g/mol. The Balaban J connectivity index is 1.10. The molecule has 4 aromatic rings. The Labute approximate surface area is 268 Å². The number of aliphatic hydroxyl groups excluding tert-OH is 1. The Hall–Kier alpha value is -4.61. The van der Waals surface area contributed by atoms with Crippen LogP contribution < -0.4 is 10.2 Å². The number of aliphatic hydroxyl groups is 1. The summed E-state index contributed by atoms with van der Waals surface area (Å²) in [6.45, 7) is 4.49. The van der Waals surface area contributed by atoms with E-state index in [1.165, 1.54) is 0 Å². The zero-order valence-corrected chi connectivity index (χ0v) is 25.5. The molecule has 0 unspecified atom stereocenters. The summed E-state index contributed by atoms with van der Waals surface area (Å²) in [5, 5.41) is 23.5. The molecule has 0 aliphatic carbocycles. The molecule has 2 saturated heterocycles. The predicted molar refractivity (Wildman–Crippen MR) is 174 cm³/mol. The SMILES string of the molecule is O=C(NCc1ccc([C@@H]2O[C@H](CN3CCN(c4ccc([N+](=O)[O-])cc4)CC3)C[C@H](c3ccc(CO)cc3)O2)cc1)c1ccccc1. The second-order valence-corrected chi connectivity index (χ2v) is 11.7. The second-order valence-electron chi connectivity index (χ2n) is 11.7. The number of hydrogen-bond acceptors (Lipinski definition) is 8. The van der Waals surface area contributed by atoms with Crippen molar-refractivity contribution in [1.29, 1.82) is 0 Å². The van der Waals surface area contributed by atoms with Crippen LogP contribution in [-0.4, -0.2) is 59.7 Å². The van der Waals surface area contributed by atoms with E-state index in [1.54, 1.807) is 24.3 Å². The highest BCUT2D eigenvalue weighted by Gasteiger charge is 2.34. The molecule has 4 aromatic carbocycles. The molecule has 238 valence electrons. The Bertz CT molecular complexity index is 1590. The maximum absolute atomic E-state index is 12.5. The third kappa shape index (κ3) is 7.78. The minimum Gasteiger partial charge on any atom is -0.392 e. The zero-order chi connectivity index (χ0) is 31.9. The van der Waals surface area contributed by atoms with E-state index < -0.39 is 6.29 Å². The van der Waals surface area contributed by atoms with Crippen LogP contribution in [0.2, 0.25) is 0 Å². The summed E-state index contributed by atoms with van der Waals surface area (Å²) >= 11 is 0. The van der Waals surface area contributed by atoms with Gasteiger partial charge in [0, 0.05) is 74.6 Å². The lowest BCUT2D eigenvalue weighted by Crippen LogP contribution is -2.49. The Morgan fingerprint density at radius 3 is 2.13 bits per heavy atom. The lowest BCUT2D eigenvalue weighted by atomic mass is 9.99. The lowest BCUT2D eigenvalue weighted by Gasteiger charge is -2.41. The topological polar surface area (TPSA) is 117 Å². The number of piperazine rings is 1. The molecule has 2 aliphatic rings. The third-order valence-corrected chi connectivity index (χ3v) is 8.62. The summed E-state index contributed by atoms with van der Waals surface area (Å²) in [6.07, 6.45) is -0.114. The van der Waals surface area contributed by atoms with Crippen molar-refractivity contribution < 1.29 is 24.3 Å². The minimum atomic E-state index is -0.560. The van der Waals surface area contributed by atoms with Gasteiger partial charge in [0.2, 0.25) is 0 Å². The normalized spacial score (nSPS) is 20.3. The van der Waals surface area contributed by atoms with E-state index in [4.69, 9.17) is 9.47 Å². The summed E-state index contributed by atoms with van der Waals surface area (Å²) in [5.41, 5.74) is 5.48. The van der Waals surface area contributed by atoms with Crippen molar-refractivity contribution >= 4 is 17.3 Å². The van der Waals surface area contributed by atoms with Crippen molar-refractivity contribution in [2.45, 2.75) is 38.1 Å².